The molecule has 0 bridgehead atoms. The van der Waals surface area contributed by atoms with E-state index in [4.69, 9.17) is 0 Å². The number of hydrogen-bond acceptors (Lipinski definition) is 6. The minimum Gasteiger partial charge on any atom is -0.369 e. The topological polar surface area (TPSA) is 56.3 Å². The fourth-order valence-corrected chi connectivity index (χ4v) is 3.34. The Kier molecular flexibility index (Phi) is 4.93. The Morgan fingerprint density at radius 3 is 2.42 bits per heavy atom. The molecule has 2 heterocycles. The smallest absolute Gasteiger partial charge is 0.229 e. The molecule has 26 heavy (non-hydrogen) atoms. The highest BCUT2D eigenvalue weighted by Gasteiger charge is 2.18. The van der Waals surface area contributed by atoms with Crippen molar-refractivity contribution in [3.63, 3.8) is 0 Å². The van der Waals surface area contributed by atoms with E-state index in [-0.39, 0.29) is 0 Å². The summed E-state index contributed by atoms with van der Waals surface area (Å²) in [5.74, 6) is 1.59. The molecule has 0 radical (unpaired) electrons. The maximum Gasteiger partial charge on any atom is 0.229 e. The van der Waals surface area contributed by atoms with E-state index in [0.29, 0.717) is 12.0 Å². The summed E-state index contributed by atoms with van der Waals surface area (Å²) in [5.41, 5.74) is 3.38. The quantitative estimate of drug-likeness (QED) is 0.862. The minimum atomic E-state index is 0.569. The molecular formula is C20H28N6. The molecule has 1 aromatic carbocycles. The molecule has 0 amide bonds. The average Bonchev–Trinajstić information content (AvgIpc) is 2.62. The minimum absolute atomic E-state index is 0.569. The Bertz CT molecular complexity index is 732. The van der Waals surface area contributed by atoms with Crippen molar-refractivity contribution in [2.45, 2.75) is 32.2 Å². The zero-order chi connectivity index (χ0) is 17.9. The zero-order valence-electron chi connectivity index (χ0n) is 15.7. The second-order valence-corrected chi connectivity index (χ2v) is 7.46. The van der Waals surface area contributed by atoms with Crippen molar-refractivity contribution in [3.8, 4) is 0 Å². The lowest BCUT2D eigenvalue weighted by atomic mass is 9.93. The Balaban J connectivity index is 1.41. The summed E-state index contributed by atoms with van der Waals surface area (Å²) >= 11 is 0. The van der Waals surface area contributed by atoms with Crippen molar-refractivity contribution < 1.29 is 0 Å². The molecule has 1 aliphatic carbocycles. The summed E-state index contributed by atoms with van der Waals surface area (Å²) in [7, 11) is 2.18. The molecule has 1 saturated carbocycles. The van der Waals surface area contributed by atoms with Gasteiger partial charge in [0, 0.05) is 55.4 Å². The number of rotatable bonds is 5. The summed E-state index contributed by atoms with van der Waals surface area (Å²) in [5, 5.41) is 6.86. The van der Waals surface area contributed by atoms with Crippen molar-refractivity contribution in [2.75, 3.05) is 48.8 Å². The Hall–Kier alpha value is -2.34. The molecule has 1 aromatic heterocycles. The number of nitrogens with one attached hydrogen (secondary N) is 2. The molecule has 2 aromatic rings. The van der Waals surface area contributed by atoms with Gasteiger partial charge in [0.15, 0.2) is 0 Å². The van der Waals surface area contributed by atoms with Crippen LogP contribution in [0.1, 0.15) is 24.8 Å². The highest BCUT2D eigenvalue weighted by Crippen LogP contribution is 2.25. The summed E-state index contributed by atoms with van der Waals surface area (Å²) in [4.78, 5) is 13.9. The summed E-state index contributed by atoms with van der Waals surface area (Å²) in [6.07, 6.45) is 5.67. The van der Waals surface area contributed by atoms with Gasteiger partial charge in [0.05, 0.1) is 0 Å². The molecule has 6 nitrogen and oxygen atoms in total. The first-order chi connectivity index (χ1) is 12.7. The number of benzene rings is 1. The Labute approximate surface area is 155 Å². The number of aryl methyl sites for hydroxylation is 1. The van der Waals surface area contributed by atoms with Gasteiger partial charge in [-0.15, -0.1) is 0 Å². The van der Waals surface area contributed by atoms with Crippen LogP contribution in [0.25, 0.3) is 0 Å². The second-order valence-electron chi connectivity index (χ2n) is 7.46. The predicted molar refractivity (Wildman–Crippen MR) is 107 cm³/mol. The maximum absolute atomic E-state index is 4.66. The average molecular weight is 352 g/mol. The first kappa shape index (κ1) is 17.1. The number of hydrogen-bond donors (Lipinski definition) is 2. The van der Waals surface area contributed by atoms with Gasteiger partial charge < -0.3 is 20.4 Å². The molecule has 138 valence electrons. The summed E-state index contributed by atoms with van der Waals surface area (Å²) < 4.78 is 0. The van der Waals surface area contributed by atoms with Crippen LogP contribution >= 0.6 is 0 Å². The maximum atomic E-state index is 4.66. The molecule has 2 aliphatic rings. The van der Waals surface area contributed by atoms with Crippen molar-refractivity contribution >= 4 is 23.1 Å². The van der Waals surface area contributed by atoms with Gasteiger partial charge in [-0.1, -0.05) is 0 Å². The van der Waals surface area contributed by atoms with E-state index < -0.39 is 0 Å². The number of likely N-dealkylation sites (N-methyl/N-ethyl adjacent to an activating group) is 1. The Morgan fingerprint density at radius 1 is 1.04 bits per heavy atom. The van der Waals surface area contributed by atoms with E-state index in [9.17, 15) is 0 Å². The first-order valence-electron chi connectivity index (χ1n) is 9.58. The van der Waals surface area contributed by atoms with E-state index in [1.165, 1.54) is 24.9 Å². The summed E-state index contributed by atoms with van der Waals surface area (Å²) in [6.45, 7) is 6.46. The van der Waals surface area contributed by atoms with E-state index in [2.05, 4.69) is 68.6 Å². The normalized spacial score (nSPS) is 18.5. The van der Waals surface area contributed by atoms with Crippen LogP contribution < -0.4 is 15.5 Å². The fourth-order valence-electron chi connectivity index (χ4n) is 3.34. The van der Waals surface area contributed by atoms with Crippen LogP contribution in [-0.2, 0) is 0 Å². The third kappa shape index (κ3) is 3.90. The number of nitrogens with zero attached hydrogens (tertiary/aromatic N) is 4. The lowest BCUT2D eigenvalue weighted by Crippen LogP contribution is -2.44. The van der Waals surface area contributed by atoms with Gasteiger partial charge in [-0.25, -0.2) is 4.98 Å². The zero-order valence-corrected chi connectivity index (χ0v) is 15.7. The van der Waals surface area contributed by atoms with Gasteiger partial charge in [0.25, 0.3) is 0 Å². The molecule has 0 atom stereocenters. The monoisotopic (exact) mass is 352 g/mol. The van der Waals surface area contributed by atoms with Crippen molar-refractivity contribution in [2.24, 2.45) is 0 Å². The van der Waals surface area contributed by atoms with Crippen LogP contribution in [0.15, 0.2) is 30.5 Å². The van der Waals surface area contributed by atoms with Crippen LogP contribution in [0.3, 0.4) is 0 Å². The molecule has 0 unspecified atom stereocenters. The first-order valence-corrected chi connectivity index (χ1v) is 9.58. The van der Waals surface area contributed by atoms with Gasteiger partial charge in [0.2, 0.25) is 5.95 Å². The predicted octanol–water partition coefficient (Wildman–Crippen LogP) is 3.24. The van der Waals surface area contributed by atoms with Crippen LogP contribution in [0, 0.1) is 6.92 Å². The van der Waals surface area contributed by atoms with Gasteiger partial charge in [-0.05, 0) is 57.5 Å². The molecular weight excluding hydrogens is 324 g/mol. The van der Waals surface area contributed by atoms with Crippen LogP contribution in [0.2, 0.25) is 0 Å². The standard InChI is InChI=1S/C20H28N6/c1-15-14-21-20(24-19(15)22-16-4-3-5-16)23-17-6-8-18(9-7-17)26-12-10-25(2)11-13-26/h6-9,14,16H,3-5,10-13H2,1-2H3,(H2,21,22,23,24). The van der Waals surface area contributed by atoms with E-state index in [1.807, 2.05) is 6.20 Å². The van der Waals surface area contributed by atoms with Gasteiger partial charge in [-0.2, -0.15) is 4.98 Å². The molecule has 0 spiro atoms. The summed E-state index contributed by atoms with van der Waals surface area (Å²) in [6, 6.07) is 9.13. The van der Waals surface area contributed by atoms with E-state index in [1.54, 1.807) is 0 Å². The molecule has 4 rings (SSSR count). The highest BCUT2D eigenvalue weighted by molar-refractivity contribution is 5.60. The SMILES string of the molecule is Cc1cnc(Nc2ccc(N3CCN(C)CC3)cc2)nc1NC1CCC1. The lowest BCUT2D eigenvalue weighted by Gasteiger charge is -2.34. The second kappa shape index (κ2) is 7.50. The Morgan fingerprint density at radius 2 is 1.77 bits per heavy atom. The van der Waals surface area contributed by atoms with Crippen LogP contribution in [0.4, 0.5) is 23.1 Å². The van der Waals surface area contributed by atoms with Gasteiger partial charge >= 0.3 is 0 Å². The molecule has 6 heteroatoms. The number of piperazine rings is 1. The number of anilines is 4. The molecule has 1 saturated heterocycles. The van der Waals surface area contributed by atoms with Crippen molar-refractivity contribution in [1.29, 1.82) is 0 Å². The molecule has 1 aliphatic heterocycles. The molecule has 2 fully saturated rings. The third-order valence-electron chi connectivity index (χ3n) is 5.41. The highest BCUT2D eigenvalue weighted by atomic mass is 15.2. The van der Waals surface area contributed by atoms with Crippen molar-refractivity contribution in [1.82, 2.24) is 14.9 Å². The molecule has 2 N–H and O–H groups in total. The lowest BCUT2D eigenvalue weighted by molar-refractivity contribution is 0.313. The fraction of sp³-hybridized carbons (Fsp3) is 0.500. The van der Waals surface area contributed by atoms with Gasteiger partial charge in [0.1, 0.15) is 5.82 Å². The van der Waals surface area contributed by atoms with Crippen molar-refractivity contribution in [3.05, 3.63) is 36.0 Å². The van der Waals surface area contributed by atoms with E-state index in [0.717, 1.165) is 43.2 Å². The van der Waals surface area contributed by atoms with Gasteiger partial charge in [-0.3, -0.25) is 0 Å². The van der Waals surface area contributed by atoms with Crippen LogP contribution in [-0.4, -0.2) is 54.1 Å². The largest absolute Gasteiger partial charge is 0.369 e. The third-order valence-corrected chi connectivity index (χ3v) is 5.41. The van der Waals surface area contributed by atoms with E-state index >= 15 is 0 Å². The van der Waals surface area contributed by atoms with Crippen LogP contribution in [0.5, 0.6) is 0 Å². The number of aromatic nitrogens is 2.